The van der Waals surface area contributed by atoms with Gasteiger partial charge in [-0.2, -0.15) is 0 Å². The number of nitrogens with one attached hydrogen (secondary N) is 1. The van der Waals surface area contributed by atoms with Crippen molar-refractivity contribution in [1.29, 1.82) is 0 Å². The molecular weight excluding hydrogens is 336 g/mol. The third kappa shape index (κ3) is 2.74. The lowest BCUT2D eigenvalue weighted by atomic mass is 10.1. The second kappa shape index (κ2) is 5.88. The van der Waals surface area contributed by atoms with Gasteiger partial charge >= 0.3 is 0 Å². The molecule has 0 radical (unpaired) electrons. The largest absolute Gasteiger partial charge is 0.322 e. The number of amides is 1. The quantitative estimate of drug-likeness (QED) is 0.489. The smallest absolute Gasteiger partial charge is 0.261 e. The molecule has 0 aliphatic heterocycles. The van der Waals surface area contributed by atoms with Crippen molar-refractivity contribution in [3.63, 3.8) is 0 Å². The summed E-state index contributed by atoms with van der Waals surface area (Å²) in [5.74, 6) is -13.9. The summed E-state index contributed by atoms with van der Waals surface area (Å²) >= 11 is 5.43. The Morgan fingerprint density at radius 1 is 0.864 bits per heavy atom. The average molecular weight is 340 g/mol. The van der Waals surface area contributed by atoms with Gasteiger partial charge in [0.1, 0.15) is 11.4 Å². The number of anilines is 1. The molecule has 9 heteroatoms. The first kappa shape index (κ1) is 16.2. The fourth-order valence-electron chi connectivity index (χ4n) is 1.57. The Balaban J connectivity index is 2.44. The number of carbonyl (C=O) groups is 1. The van der Waals surface area contributed by atoms with E-state index in [4.69, 9.17) is 11.6 Å². The third-order valence-electron chi connectivity index (χ3n) is 2.61. The highest BCUT2D eigenvalue weighted by atomic mass is 35.5. The molecule has 0 saturated heterocycles. The monoisotopic (exact) mass is 339 g/mol. The van der Waals surface area contributed by atoms with Gasteiger partial charge in [0.05, 0.1) is 5.02 Å². The molecule has 0 aliphatic rings. The third-order valence-corrected chi connectivity index (χ3v) is 2.90. The Morgan fingerprint density at radius 3 is 1.86 bits per heavy atom. The minimum absolute atomic E-state index is 0.194. The van der Waals surface area contributed by atoms with Crippen LogP contribution < -0.4 is 5.32 Å². The Hall–Kier alpha value is -2.22. The molecule has 0 bridgehead atoms. The maximum atomic E-state index is 13.4. The Bertz CT molecular complexity index is 751. The highest BCUT2D eigenvalue weighted by molar-refractivity contribution is 6.31. The molecule has 2 aromatic rings. The first-order valence-corrected chi connectivity index (χ1v) is 5.89. The molecule has 0 aromatic heterocycles. The van der Waals surface area contributed by atoms with E-state index < -0.39 is 51.4 Å². The summed E-state index contributed by atoms with van der Waals surface area (Å²) in [6.45, 7) is 0. The van der Waals surface area contributed by atoms with E-state index in [0.717, 1.165) is 18.2 Å². The van der Waals surface area contributed by atoms with Gasteiger partial charge in [-0.25, -0.2) is 26.3 Å². The van der Waals surface area contributed by atoms with Crippen molar-refractivity contribution in [2.75, 3.05) is 5.32 Å². The molecule has 116 valence electrons. The molecule has 2 rings (SSSR count). The Labute approximate surface area is 124 Å². The van der Waals surface area contributed by atoms with E-state index >= 15 is 0 Å². The second-order valence-corrected chi connectivity index (χ2v) is 4.44. The van der Waals surface area contributed by atoms with Crippen molar-refractivity contribution in [3.05, 3.63) is 63.7 Å². The second-order valence-electron chi connectivity index (χ2n) is 4.03. The van der Waals surface area contributed by atoms with Gasteiger partial charge in [-0.15, -0.1) is 0 Å². The van der Waals surface area contributed by atoms with E-state index in [0.29, 0.717) is 0 Å². The summed E-state index contributed by atoms with van der Waals surface area (Å²) in [6.07, 6.45) is 0. The van der Waals surface area contributed by atoms with Crippen molar-refractivity contribution in [2.24, 2.45) is 0 Å². The zero-order valence-corrected chi connectivity index (χ0v) is 11.0. The van der Waals surface area contributed by atoms with Gasteiger partial charge in [-0.3, -0.25) is 4.79 Å². The molecular formula is C13H4ClF6NO. The van der Waals surface area contributed by atoms with Gasteiger partial charge in [0.25, 0.3) is 5.91 Å². The Kier molecular flexibility index (Phi) is 4.32. The van der Waals surface area contributed by atoms with Gasteiger partial charge in [-0.05, 0) is 18.2 Å². The molecule has 0 heterocycles. The van der Waals surface area contributed by atoms with Crippen LogP contribution in [0.2, 0.25) is 5.02 Å². The van der Waals surface area contributed by atoms with Crippen LogP contribution in [0.3, 0.4) is 0 Å². The van der Waals surface area contributed by atoms with Crippen LogP contribution in [0.5, 0.6) is 0 Å². The molecule has 0 spiro atoms. The van der Waals surface area contributed by atoms with Crippen molar-refractivity contribution in [3.8, 4) is 0 Å². The fourth-order valence-corrected chi connectivity index (χ4v) is 1.75. The highest BCUT2D eigenvalue weighted by Gasteiger charge is 2.29. The van der Waals surface area contributed by atoms with Crippen LogP contribution in [0, 0.1) is 34.9 Å². The zero-order chi connectivity index (χ0) is 16.6. The first-order valence-electron chi connectivity index (χ1n) is 5.52. The topological polar surface area (TPSA) is 29.1 Å². The predicted molar refractivity (Wildman–Crippen MR) is 65.6 cm³/mol. The number of benzene rings is 2. The molecule has 0 unspecified atom stereocenters. The highest BCUT2D eigenvalue weighted by Crippen LogP contribution is 2.25. The molecule has 0 fully saturated rings. The molecule has 22 heavy (non-hydrogen) atoms. The van der Waals surface area contributed by atoms with Crippen molar-refractivity contribution >= 4 is 23.2 Å². The van der Waals surface area contributed by atoms with Crippen LogP contribution in [-0.2, 0) is 0 Å². The maximum Gasteiger partial charge on any atom is 0.261 e. The van der Waals surface area contributed by atoms with Crippen LogP contribution in [-0.4, -0.2) is 5.91 Å². The van der Waals surface area contributed by atoms with Gasteiger partial charge < -0.3 is 5.32 Å². The molecule has 2 aromatic carbocycles. The summed E-state index contributed by atoms with van der Waals surface area (Å²) in [5, 5.41) is 1.45. The van der Waals surface area contributed by atoms with E-state index in [1.54, 1.807) is 0 Å². The Morgan fingerprint density at radius 2 is 1.36 bits per heavy atom. The lowest BCUT2D eigenvalue weighted by Crippen LogP contribution is -2.19. The van der Waals surface area contributed by atoms with Gasteiger partial charge in [0.2, 0.25) is 5.82 Å². The minimum Gasteiger partial charge on any atom is -0.322 e. The van der Waals surface area contributed by atoms with Crippen LogP contribution >= 0.6 is 11.6 Å². The lowest BCUT2D eigenvalue weighted by Gasteiger charge is -2.09. The first-order chi connectivity index (χ1) is 10.2. The molecule has 1 amide bonds. The molecule has 0 saturated carbocycles. The molecule has 0 aliphatic carbocycles. The summed E-state index contributed by atoms with van der Waals surface area (Å²) in [6, 6.07) is 2.74. The summed E-state index contributed by atoms with van der Waals surface area (Å²) < 4.78 is 78.7. The number of hydrogen-bond donors (Lipinski definition) is 1. The SMILES string of the molecule is O=C(Nc1ccc(F)c(Cl)c1)c1c(F)c(F)c(F)c(F)c1F. The van der Waals surface area contributed by atoms with Crippen LogP contribution in [0.15, 0.2) is 18.2 Å². The van der Waals surface area contributed by atoms with Gasteiger partial charge in [0.15, 0.2) is 23.3 Å². The fraction of sp³-hybridized carbons (Fsp3) is 0. The van der Waals surface area contributed by atoms with Gasteiger partial charge in [-0.1, -0.05) is 11.6 Å². The number of carbonyl (C=O) groups excluding carboxylic acids is 1. The zero-order valence-electron chi connectivity index (χ0n) is 10.3. The van der Waals surface area contributed by atoms with E-state index in [1.807, 2.05) is 5.32 Å². The molecule has 2 nitrogen and oxygen atoms in total. The number of halogens is 7. The van der Waals surface area contributed by atoms with E-state index in [1.165, 1.54) is 0 Å². The van der Waals surface area contributed by atoms with E-state index in [2.05, 4.69) is 0 Å². The summed E-state index contributed by atoms with van der Waals surface area (Å²) in [4.78, 5) is 11.7. The average Bonchev–Trinajstić information content (AvgIpc) is 2.47. The van der Waals surface area contributed by atoms with Crippen LogP contribution in [0.1, 0.15) is 10.4 Å². The van der Waals surface area contributed by atoms with Crippen LogP contribution in [0.25, 0.3) is 0 Å². The number of hydrogen-bond acceptors (Lipinski definition) is 1. The molecule has 0 atom stereocenters. The maximum absolute atomic E-state index is 13.4. The summed E-state index contributed by atoms with van der Waals surface area (Å²) in [7, 11) is 0. The standard InChI is InChI=1S/C13H4ClF6NO/c14-5-3-4(1-2-6(5)15)21-13(22)7-8(16)10(18)12(20)11(19)9(7)17/h1-3H,(H,21,22). The van der Waals surface area contributed by atoms with Crippen molar-refractivity contribution in [1.82, 2.24) is 0 Å². The lowest BCUT2D eigenvalue weighted by molar-refractivity contribution is 0.101. The van der Waals surface area contributed by atoms with Crippen molar-refractivity contribution in [2.45, 2.75) is 0 Å². The molecule has 1 N–H and O–H groups in total. The predicted octanol–water partition coefficient (Wildman–Crippen LogP) is 4.43. The van der Waals surface area contributed by atoms with E-state index in [-0.39, 0.29) is 5.69 Å². The van der Waals surface area contributed by atoms with E-state index in [9.17, 15) is 31.1 Å². The van der Waals surface area contributed by atoms with Crippen LogP contribution in [0.4, 0.5) is 32.0 Å². The normalized spacial score (nSPS) is 10.7. The minimum atomic E-state index is -2.38. The summed E-state index contributed by atoms with van der Waals surface area (Å²) in [5.41, 5.74) is -1.85. The van der Waals surface area contributed by atoms with Gasteiger partial charge in [0, 0.05) is 5.69 Å². The number of rotatable bonds is 2. The van der Waals surface area contributed by atoms with Crippen molar-refractivity contribution < 1.29 is 31.1 Å².